The van der Waals surface area contributed by atoms with Crippen molar-refractivity contribution in [2.75, 3.05) is 56.1 Å². The predicted octanol–water partition coefficient (Wildman–Crippen LogP) is 1.99. The average molecular weight is 533 g/mol. The second kappa shape index (κ2) is 11.3. The van der Waals surface area contributed by atoms with Gasteiger partial charge in [0.1, 0.15) is 47.3 Å². The molecule has 1 atom stereocenters. The number of pyridine rings is 1. The zero-order valence-electron chi connectivity index (χ0n) is 22.2. The minimum absolute atomic E-state index is 0.00629. The number of fused-ring (bicyclic) bond motifs is 1. The molecule has 13 heteroatoms. The molecule has 1 fully saturated rings. The largest absolute Gasteiger partial charge is 0.492 e. The van der Waals surface area contributed by atoms with Gasteiger partial charge in [0.25, 0.3) is 0 Å². The summed E-state index contributed by atoms with van der Waals surface area (Å²) >= 11 is 0. The molecule has 1 unspecified atom stereocenters. The molecule has 39 heavy (non-hydrogen) atoms. The molecule has 1 amide bonds. The van der Waals surface area contributed by atoms with E-state index in [9.17, 15) is 10.1 Å². The number of benzene rings is 1. The quantitative estimate of drug-likeness (QED) is 0.325. The Morgan fingerprint density at radius 1 is 1.18 bits per heavy atom. The topological polar surface area (TPSA) is 191 Å². The smallest absolute Gasteiger partial charge is 0.410 e. The molecule has 2 aliphatic rings. The van der Waals surface area contributed by atoms with E-state index in [0.29, 0.717) is 36.8 Å². The Morgan fingerprint density at radius 2 is 1.87 bits per heavy atom. The minimum atomic E-state index is -0.618. The summed E-state index contributed by atoms with van der Waals surface area (Å²) in [6.07, 6.45) is 1.55. The molecule has 204 valence electrons. The third-order valence-electron chi connectivity index (χ3n) is 6.25. The van der Waals surface area contributed by atoms with Gasteiger partial charge in [-0.25, -0.2) is 14.8 Å². The summed E-state index contributed by atoms with van der Waals surface area (Å²) in [6, 6.07) is 8.74. The zero-order chi connectivity index (χ0) is 28.2. The van der Waals surface area contributed by atoms with Gasteiger partial charge in [0.2, 0.25) is 5.96 Å². The van der Waals surface area contributed by atoms with Crippen LogP contribution in [0.3, 0.4) is 0 Å². The molecule has 2 aliphatic heterocycles. The Bertz CT molecular complexity index is 1330. The highest BCUT2D eigenvalue weighted by molar-refractivity contribution is 5.98. The van der Waals surface area contributed by atoms with Crippen LogP contribution >= 0.6 is 0 Å². The van der Waals surface area contributed by atoms with Crippen LogP contribution in [0.15, 0.2) is 29.3 Å². The van der Waals surface area contributed by atoms with Crippen LogP contribution in [0.25, 0.3) is 0 Å². The summed E-state index contributed by atoms with van der Waals surface area (Å²) in [5.41, 5.74) is 13.2. The van der Waals surface area contributed by atoms with Crippen molar-refractivity contribution in [3.8, 4) is 18.0 Å². The van der Waals surface area contributed by atoms with E-state index in [1.807, 2.05) is 57.3 Å². The molecule has 13 nitrogen and oxygen atoms in total. The van der Waals surface area contributed by atoms with Crippen LogP contribution in [0.5, 0.6) is 5.75 Å². The van der Waals surface area contributed by atoms with Crippen LogP contribution in [-0.4, -0.2) is 71.8 Å². The molecular weight excluding hydrogens is 500 g/mol. The summed E-state index contributed by atoms with van der Waals surface area (Å²) in [6.45, 7) is 9.51. The maximum atomic E-state index is 12.2. The maximum absolute atomic E-state index is 12.2. The maximum Gasteiger partial charge on any atom is 0.410 e. The van der Waals surface area contributed by atoms with E-state index in [2.05, 4.69) is 25.5 Å². The number of nitrogens with two attached hydrogens (primary N) is 2. The standard InChI is InChI=1S/C26H32N10O3/c1-26(2,3)39-25(37)36-10-8-35(9-11-36)12-13-38-17-6-4-16(5-7-17)21-19-20(29)18(14-27)22(30)33-23(19)34-24(32-21)31-15-28/h4-7,21H,8-13H2,1-3H3,(H6,29,30,31,32,33,34). The number of anilines is 3. The fraction of sp³-hybridized carbons (Fsp3) is 0.423. The predicted molar refractivity (Wildman–Crippen MR) is 146 cm³/mol. The fourth-order valence-corrected chi connectivity index (χ4v) is 4.34. The lowest BCUT2D eigenvalue weighted by Crippen LogP contribution is -2.50. The van der Waals surface area contributed by atoms with Gasteiger partial charge < -0.3 is 31.2 Å². The molecule has 3 heterocycles. The Balaban J connectivity index is 1.37. The Labute approximate surface area is 227 Å². The molecule has 0 saturated carbocycles. The number of nitrogen functional groups attached to an aromatic ring is 2. The molecule has 0 aliphatic carbocycles. The van der Waals surface area contributed by atoms with E-state index in [1.165, 1.54) is 0 Å². The van der Waals surface area contributed by atoms with Crippen LogP contribution in [0, 0.1) is 22.8 Å². The van der Waals surface area contributed by atoms with Crippen LogP contribution in [0.4, 0.5) is 22.1 Å². The molecule has 1 saturated heterocycles. The molecule has 0 radical (unpaired) electrons. The van der Waals surface area contributed by atoms with Gasteiger partial charge in [0.05, 0.1) is 5.69 Å². The molecular formula is C26H32N10O3. The molecule has 0 bridgehead atoms. The Kier molecular flexibility index (Phi) is 7.93. The van der Waals surface area contributed by atoms with E-state index in [1.54, 1.807) is 4.90 Å². The number of aliphatic imine (C=N–C) groups is 1. The second-order valence-electron chi connectivity index (χ2n) is 10.1. The second-order valence-corrected chi connectivity index (χ2v) is 10.1. The summed E-state index contributed by atoms with van der Waals surface area (Å²) in [7, 11) is 0. The van der Waals surface area contributed by atoms with Crippen molar-refractivity contribution in [1.29, 1.82) is 10.5 Å². The number of nitrogens with zero attached hydrogens (tertiary/aromatic N) is 6. The van der Waals surface area contributed by atoms with Crippen LogP contribution in [-0.2, 0) is 4.74 Å². The summed E-state index contributed by atoms with van der Waals surface area (Å²) in [4.78, 5) is 25.0. The lowest BCUT2D eigenvalue weighted by atomic mass is 9.95. The van der Waals surface area contributed by atoms with Crippen LogP contribution in [0.2, 0.25) is 0 Å². The zero-order valence-corrected chi connectivity index (χ0v) is 22.2. The van der Waals surface area contributed by atoms with Crippen molar-refractivity contribution in [2.45, 2.75) is 32.4 Å². The van der Waals surface area contributed by atoms with Crippen molar-refractivity contribution >= 4 is 29.4 Å². The number of ether oxygens (including phenoxy) is 2. The lowest BCUT2D eigenvalue weighted by molar-refractivity contribution is 0.0137. The van der Waals surface area contributed by atoms with E-state index in [-0.39, 0.29) is 29.1 Å². The first kappa shape index (κ1) is 27.3. The molecule has 0 spiro atoms. The molecule has 1 aromatic carbocycles. The Morgan fingerprint density at radius 3 is 2.49 bits per heavy atom. The van der Waals surface area contributed by atoms with Gasteiger partial charge in [-0.1, -0.05) is 12.1 Å². The third kappa shape index (κ3) is 6.40. The van der Waals surface area contributed by atoms with E-state index >= 15 is 0 Å². The monoisotopic (exact) mass is 532 g/mol. The van der Waals surface area contributed by atoms with Crippen molar-refractivity contribution in [1.82, 2.24) is 20.1 Å². The van der Waals surface area contributed by atoms with E-state index in [4.69, 9.17) is 26.2 Å². The molecule has 6 N–H and O–H groups in total. The SMILES string of the molecule is CC(C)(C)OC(=O)N1CCN(CCOc2ccc(C3N=C(NC#N)Nc4nc(N)c(C#N)c(N)c43)cc2)CC1. The van der Waals surface area contributed by atoms with Gasteiger partial charge in [0, 0.05) is 38.3 Å². The van der Waals surface area contributed by atoms with Gasteiger partial charge in [0.15, 0.2) is 6.19 Å². The van der Waals surface area contributed by atoms with Gasteiger partial charge >= 0.3 is 6.09 Å². The number of aromatic nitrogens is 1. The number of hydrogen-bond donors (Lipinski definition) is 4. The minimum Gasteiger partial charge on any atom is -0.492 e. The van der Waals surface area contributed by atoms with Crippen molar-refractivity contribution in [3.63, 3.8) is 0 Å². The molecule has 4 rings (SSSR count). The normalized spacial score (nSPS) is 17.1. The van der Waals surface area contributed by atoms with Gasteiger partial charge in [-0.05, 0) is 38.5 Å². The number of hydrogen-bond acceptors (Lipinski definition) is 12. The number of piperazine rings is 1. The van der Waals surface area contributed by atoms with Gasteiger partial charge in [-0.15, -0.1) is 0 Å². The number of amides is 1. The highest BCUT2D eigenvalue weighted by atomic mass is 16.6. The number of carbonyl (C=O) groups excluding carboxylic acids is 1. The number of guanidine groups is 1. The summed E-state index contributed by atoms with van der Waals surface area (Å²) < 4.78 is 11.4. The lowest BCUT2D eigenvalue weighted by Gasteiger charge is -2.35. The number of nitriles is 2. The first-order chi connectivity index (χ1) is 18.6. The van der Waals surface area contributed by atoms with Crippen molar-refractivity contribution in [2.24, 2.45) is 4.99 Å². The molecule has 2 aromatic rings. The van der Waals surface area contributed by atoms with Crippen molar-refractivity contribution < 1.29 is 14.3 Å². The number of rotatable bonds is 5. The number of nitrogens with one attached hydrogen (secondary N) is 2. The van der Waals surface area contributed by atoms with E-state index in [0.717, 1.165) is 25.2 Å². The number of carbonyl (C=O) groups is 1. The first-order valence-corrected chi connectivity index (χ1v) is 12.5. The highest BCUT2D eigenvalue weighted by Crippen LogP contribution is 2.40. The van der Waals surface area contributed by atoms with E-state index < -0.39 is 11.6 Å². The Hall–Kier alpha value is -4.75. The summed E-state index contributed by atoms with van der Waals surface area (Å²) in [5.74, 6) is 1.20. The van der Waals surface area contributed by atoms with Crippen LogP contribution < -0.4 is 26.8 Å². The first-order valence-electron chi connectivity index (χ1n) is 12.5. The van der Waals surface area contributed by atoms with Crippen LogP contribution in [0.1, 0.15) is 43.5 Å². The average Bonchev–Trinajstić information content (AvgIpc) is 2.88. The fourth-order valence-electron chi connectivity index (χ4n) is 4.34. The van der Waals surface area contributed by atoms with Gasteiger partial charge in [-0.2, -0.15) is 10.5 Å². The summed E-state index contributed by atoms with van der Waals surface area (Å²) in [5, 5.41) is 23.9. The molecule has 1 aromatic heterocycles. The highest BCUT2D eigenvalue weighted by Gasteiger charge is 2.30. The third-order valence-corrected chi connectivity index (χ3v) is 6.25. The van der Waals surface area contributed by atoms with Crippen molar-refractivity contribution in [3.05, 3.63) is 41.0 Å². The van der Waals surface area contributed by atoms with Gasteiger partial charge in [-0.3, -0.25) is 10.2 Å².